The predicted octanol–water partition coefficient (Wildman–Crippen LogP) is 4.43. The van der Waals surface area contributed by atoms with Crippen LogP contribution in [0.15, 0.2) is 48.0 Å². The Morgan fingerprint density at radius 3 is 2.46 bits per heavy atom. The fourth-order valence-electron chi connectivity index (χ4n) is 2.40. The number of rotatable bonds is 9. The summed E-state index contributed by atoms with van der Waals surface area (Å²) in [4.78, 5) is 12.4. The van der Waals surface area contributed by atoms with Crippen LogP contribution in [0.4, 0.5) is 5.69 Å². The van der Waals surface area contributed by atoms with Crippen molar-refractivity contribution in [3.05, 3.63) is 53.6 Å². The average Bonchev–Trinajstić information content (AvgIpc) is 2.72. The molecule has 0 aliphatic heterocycles. The first-order chi connectivity index (χ1) is 13.6. The van der Waals surface area contributed by atoms with Crippen molar-refractivity contribution in [1.82, 2.24) is 0 Å². The average molecular weight is 380 g/mol. The lowest BCUT2D eigenvalue weighted by molar-refractivity contribution is -0.112. The van der Waals surface area contributed by atoms with E-state index in [0.717, 1.165) is 6.42 Å². The summed E-state index contributed by atoms with van der Waals surface area (Å²) in [6.07, 6.45) is 2.41. The number of benzene rings is 2. The van der Waals surface area contributed by atoms with Crippen LogP contribution >= 0.6 is 0 Å². The molecule has 0 fully saturated rings. The maximum absolute atomic E-state index is 12.4. The van der Waals surface area contributed by atoms with E-state index in [0.29, 0.717) is 41.7 Å². The standard InChI is InChI=1S/C22H24N2O4/c1-4-12-28-20-11-6-16(14-21(20)27-5-2)13-17(15-23)22(25)24-18-7-9-19(26-3)10-8-18/h6-11,13-14H,4-5,12H2,1-3H3,(H,24,25)/b17-13+. The number of hydrogen-bond acceptors (Lipinski definition) is 5. The van der Waals surface area contributed by atoms with Crippen molar-refractivity contribution in [2.45, 2.75) is 20.3 Å². The molecule has 0 atom stereocenters. The number of carbonyl (C=O) groups is 1. The molecule has 0 heterocycles. The van der Waals surface area contributed by atoms with Crippen molar-refractivity contribution in [2.75, 3.05) is 25.6 Å². The molecule has 0 bridgehead atoms. The van der Waals surface area contributed by atoms with Crippen LogP contribution < -0.4 is 19.5 Å². The lowest BCUT2D eigenvalue weighted by Crippen LogP contribution is -2.13. The second kappa shape index (κ2) is 10.6. The van der Waals surface area contributed by atoms with Crippen molar-refractivity contribution in [3.8, 4) is 23.3 Å². The van der Waals surface area contributed by atoms with E-state index in [9.17, 15) is 10.1 Å². The number of nitriles is 1. The van der Waals surface area contributed by atoms with Crippen LogP contribution in [0.1, 0.15) is 25.8 Å². The molecule has 2 rings (SSSR count). The minimum Gasteiger partial charge on any atom is -0.497 e. The summed E-state index contributed by atoms with van der Waals surface area (Å²) in [7, 11) is 1.57. The monoisotopic (exact) mass is 380 g/mol. The van der Waals surface area contributed by atoms with Crippen LogP contribution in [0.3, 0.4) is 0 Å². The molecule has 6 heteroatoms. The van der Waals surface area contributed by atoms with E-state index < -0.39 is 5.91 Å². The fraction of sp³-hybridized carbons (Fsp3) is 0.273. The van der Waals surface area contributed by atoms with Crippen LogP contribution in [-0.4, -0.2) is 26.2 Å². The van der Waals surface area contributed by atoms with E-state index in [4.69, 9.17) is 14.2 Å². The van der Waals surface area contributed by atoms with E-state index in [-0.39, 0.29) is 5.57 Å². The summed E-state index contributed by atoms with van der Waals surface area (Å²) in [5.74, 6) is 1.42. The van der Waals surface area contributed by atoms with E-state index >= 15 is 0 Å². The Hall–Kier alpha value is -3.46. The molecule has 0 saturated carbocycles. The number of anilines is 1. The van der Waals surface area contributed by atoms with Gasteiger partial charge in [-0.2, -0.15) is 5.26 Å². The number of nitrogens with zero attached hydrogens (tertiary/aromatic N) is 1. The molecule has 2 aromatic carbocycles. The molecule has 0 spiro atoms. The highest BCUT2D eigenvalue weighted by molar-refractivity contribution is 6.09. The van der Waals surface area contributed by atoms with Crippen molar-refractivity contribution in [3.63, 3.8) is 0 Å². The van der Waals surface area contributed by atoms with Crippen LogP contribution in [0.2, 0.25) is 0 Å². The first-order valence-corrected chi connectivity index (χ1v) is 9.08. The van der Waals surface area contributed by atoms with Crippen LogP contribution in [0.25, 0.3) is 6.08 Å². The second-order valence-corrected chi connectivity index (χ2v) is 5.84. The van der Waals surface area contributed by atoms with Gasteiger partial charge >= 0.3 is 0 Å². The molecule has 0 aromatic heterocycles. The van der Waals surface area contributed by atoms with Crippen molar-refractivity contribution >= 4 is 17.7 Å². The van der Waals surface area contributed by atoms with Gasteiger partial charge in [0.25, 0.3) is 5.91 Å². The third-order valence-corrected chi connectivity index (χ3v) is 3.75. The van der Waals surface area contributed by atoms with Gasteiger partial charge in [-0.25, -0.2) is 0 Å². The zero-order valence-corrected chi connectivity index (χ0v) is 16.3. The molecular weight excluding hydrogens is 356 g/mol. The number of methoxy groups -OCH3 is 1. The second-order valence-electron chi connectivity index (χ2n) is 5.84. The largest absolute Gasteiger partial charge is 0.497 e. The normalized spacial score (nSPS) is 10.7. The SMILES string of the molecule is CCCOc1ccc(/C=C(\C#N)C(=O)Nc2ccc(OC)cc2)cc1OCC. The molecule has 0 radical (unpaired) electrons. The zero-order chi connectivity index (χ0) is 20.4. The zero-order valence-electron chi connectivity index (χ0n) is 16.3. The summed E-state index contributed by atoms with van der Waals surface area (Å²) in [5.41, 5.74) is 1.24. The third kappa shape index (κ3) is 5.78. The number of amides is 1. The smallest absolute Gasteiger partial charge is 0.266 e. The van der Waals surface area contributed by atoms with Crippen LogP contribution in [0.5, 0.6) is 17.2 Å². The van der Waals surface area contributed by atoms with Gasteiger partial charge in [-0.1, -0.05) is 13.0 Å². The number of nitrogens with one attached hydrogen (secondary N) is 1. The lowest BCUT2D eigenvalue weighted by atomic mass is 10.1. The number of carbonyl (C=O) groups excluding carboxylic acids is 1. The van der Waals surface area contributed by atoms with Crippen molar-refractivity contribution < 1.29 is 19.0 Å². The first kappa shape index (κ1) is 20.8. The maximum atomic E-state index is 12.4. The molecule has 0 saturated heterocycles. The van der Waals surface area contributed by atoms with Crippen LogP contribution in [-0.2, 0) is 4.79 Å². The molecular formula is C22H24N2O4. The molecule has 0 unspecified atom stereocenters. The minimum absolute atomic E-state index is 0.0134. The summed E-state index contributed by atoms with van der Waals surface area (Å²) >= 11 is 0. The summed E-state index contributed by atoms with van der Waals surface area (Å²) in [5, 5.41) is 12.1. The van der Waals surface area contributed by atoms with Gasteiger partial charge in [-0.05, 0) is 61.4 Å². The Balaban J connectivity index is 2.20. The maximum Gasteiger partial charge on any atom is 0.266 e. The molecule has 6 nitrogen and oxygen atoms in total. The Labute approximate surface area is 165 Å². The summed E-state index contributed by atoms with van der Waals surface area (Å²) < 4.78 is 16.4. The molecule has 2 aromatic rings. The highest BCUT2D eigenvalue weighted by Gasteiger charge is 2.11. The van der Waals surface area contributed by atoms with E-state index in [1.54, 1.807) is 49.6 Å². The molecule has 146 valence electrons. The van der Waals surface area contributed by atoms with Gasteiger partial charge in [0.05, 0.1) is 20.3 Å². The highest BCUT2D eigenvalue weighted by Crippen LogP contribution is 2.29. The van der Waals surface area contributed by atoms with Gasteiger partial charge in [-0.15, -0.1) is 0 Å². The minimum atomic E-state index is -0.489. The van der Waals surface area contributed by atoms with Gasteiger partial charge in [0, 0.05) is 5.69 Å². The Bertz CT molecular complexity index is 867. The quantitative estimate of drug-likeness (QED) is 0.514. The molecule has 0 aliphatic carbocycles. The summed E-state index contributed by atoms with van der Waals surface area (Å²) in [6, 6.07) is 14.1. The third-order valence-electron chi connectivity index (χ3n) is 3.75. The van der Waals surface area contributed by atoms with Gasteiger partial charge < -0.3 is 19.5 Å². The molecule has 0 aliphatic rings. The molecule has 1 amide bonds. The van der Waals surface area contributed by atoms with Gasteiger partial charge in [-0.3, -0.25) is 4.79 Å². The Morgan fingerprint density at radius 2 is 1.86 bits per heavy atom. The molecule has 28 heavy (non-hydrogen) atoms. The van der Waals surface area contributed by atoms with Gasteiger partial charge in [0.15, 0.2) is 11.5 Å². The van der Waals surface area contributed by atoms with E-state index in [1.807, 2.05) is 19.9 Å². The highest BCUT2D eigenvalue weighted by atomic mass is 16.5. The van der Waals surface area contributed by atoms with E-state index in [2.05, 4.69) is 5.32 Å². The van der Waals surface area contributed by atoms with Crippen LogP contribution in [0, 0.1) is 11.3 Å². The predicted molar refractivity (Wildman–Crippen MR) is 109 cm³/mol. The molecule has 1 N–H and O–H groups in total. The Kier molecular flexibility index (Phi) is 7.92. The van der Waals surface area contributed by atoms with Gasteiger partial charge in [0.2, 0.25) is 0 Å². The fourth-order valence-corrected chi connectivity index (χ4v) is 2.40. The van der Waals surface area contributed by atoms with E-state index in [1.165, 1.54) is 6.08 Å². The lowest BCUT2D eigenvalue weighted by Gasteiger charge is -2.12. The Morgan fingerprint density at radius 1 is 1.11 bits per heavy atom. The summed E-state index contributed by atoms with van der Waals surface area (Å²) in [6.45, 7) is 4.98. The number of hydrogen-bond donors (Lipinski definition) is 1. The van der Waals surface area contributed by atoms with Crippen molar-refractivity contribution in [1.29, 1.82) is 5.26 Å². The topological polar surface area (TPSA) is 80.6 Å². The van der Waals surface area contributed by atoms with Crippen molar-refractivity contribution in [2.24, 2.45) is 0 Å². The first-order valence-electron chi connectivity index (χ1n) is 9.08. The number of ether oxygens (including phenoxy) is 3. The van der Waals surface area contributed by atoms with Gasteiger partial charge in [0.1, 0.15) is 17.4 Å².